The van der Waals surface area contributed by atoms with Crippen molar-refractivity contribution in [2.75, 3.05) is 6.54 Å². The van der Waals surface area contributed by atoms with Gasteiger partial charge in [0.05, 0.1) is 6.04 Å². The Kier molecular flexibility index (Phi) is 6.27. The van der Waals surface area contributed by atoms with Gasteiger partial charge < -0.3 is 16.0 Å². The molecule has 2 rings (SSSR count). The predicted octanol–water partition coefficient (Wildman–Crippen LogP) is 1.05. The Hall–Kier alpha value is -0.810. The van der Waals surface area contributed by atoms with Crippen LogP contribution in [-0.4, -0.2) is 41.4 Å². The Labute approximate surface area is 127 Å². The SMILES string of the molecule is CC(C)N1CC(NC(=O)C[C@@H]2CCC[C@H]2N)CC1=O.Cl. The maximum Gasteiger partial charge on any atom is 0.225 e. The lowest BCUT2D eigenvalue weighted by atomic mass is 9.99. The van der Waals surface area contributed by atoms with Gasteiger partial charge in [-0.25, -0.2) is 0 Å². The van der Waals surface area contributed by atoms with Gasteiger partial charge in [-0.1, -0.05) is 6.42 Å². The van der Waals surface area contributed by atoms with Crippen molar-refractivity contribution in [3.63, 3.8) is 0 Å². The molecule has 0 spiro atoms. The topological polar surface area (TPSA) is 75.4 Å². The minimum atomic E-state index is -0.0278. The lowest BCUT2D eigenvalue weighted by molar-refractivity contribution is -0.129. The van der Waals surface area contributed by atoms with Gasteiger partial charge in [-0.15, -0.1) is 12.4 Å². The molecule has 0 bridgehead atoms. The second-order valence-electron chi connectivity index (χ2n) is 6.17. The second kappa shape index (κ2) is 7.27. The smallest absolute Gasteiger partial charge is 0.225 e. The fourth-order valence-corrected chi connectivity index (χ4v) is 3.17. The number of nitrogens with one attached hydrogen (secondary N) is 1. The molecule has 20 heavy (non-hydrogen) atoms. The molecule has 0 aromatic rings. The number of carbonyl (C=O) groups excluding carboxylic acids is 2. The summed E-state index contributed by atoms with van der Waals surface area (Å²) in [6.45, 7) is 4.64. The molecule has 1 aliphatic heterocycles. The molecular formula is C14H26ClN3O2. The number of nitrogens with zero attached hydrogens (tertiary/aromatic N) is 1. The van der Waals surface area contributed by atoms with E-state index < -0.39 is 0 Å². The molecule has 0 aromatic carbocycles. The Morgan fingerprint density at radius 2 is 2.15 bits per heavy atom. The molecule has 3 N–H and O–H groups in total. The van der Waals surface area contributed by atoms with Crippen molar-refractivity contribution in [3.8, 4) is 0 Å². The van der Waals surface area contributed by atoms with Crippen molar-refractivity contribution >= 4 is 24.2 Å². The number of hydrogen-bond donors (Lipinski definition) is 2. The zero-order valence-corrected chi connectivity index (χ0v) is 13.1. The molecule has 116 valence electrons. The highest BCUT2D eigenvalue weighted by Gasteiger charge is 2.33. The zero-order chi connectivity index (χ0) is 14.0. The van der Waals surface area contributed by atoms with Gasteiger partial charge in [-0.05, 0) is 32.6 Å². The normalized spacial score (nSPS) is 29.7. The molecule has 1 unspecified atom stereocenters. The minimum absolute atomic E-state index is 0. The molecule has 0 radical (unpaired) electrons. The third-order valence-corrected chi connectivity index (χ3v) is 4.31. The van der Waals surface area contributed by atoms with Crippen LogP contribution in [0.2, 0.25) is 0 Å². The van der Waals surface area contributed by atoms with Crippen molar-refractivity contribution in [3.05, 3.63) is 0 Å². The largest absolute Gasteiger partial charge is 0.351 e. The Balaban J connectivity index is 0.00000200. The average Bonchev–Trinajstić information content (AvgIpc) is 2.86. The summed E-state index contributed by atoms with van der Waals surface area (Å²) in [5, 5.41) is 2.98. The van der Waals surface area contributed by atoms with Gasteiger partial charge in [-0.2, -0.15) is 0 Å². The number of carbonyl (C=O) groups is 2. The van der Waals surface area contributed by atoms with Crippen LogP contribution in [0.3, 0.4) is 0 Å². The predicted molar refractivity (Wildman–Crippen MR) is 80.6 cm³/mol. The zero-order valence-electron chi connectivity index (χ0n) is 12.3. The Morgan fingerprint density at radius 1 is 1.45 bits per heavy atom. The Bertz CT molecular complexity index is 362. The highest BCUT2D eigenvalue weighted by Crippen LogP contribution is 2.26. The quantitative estimate of drug-likeness (QED) is 0.815. The van der Waals surface area contributed by atoms with Gasteiger partial charge in [0.1, 0.15) is 0 Å². The van der Waals surface area contributed by atoms with Crippen molar-refractivity contribution < 1.29 is 9.59 Å². The fourth-order valence-electron chi connectivity index (χ4n) is 3.17. The lowest BCUT2D eigenvalue weighted by Gasteiger charge is -2.21. The van der Waals surface area contributed by atoms with Crippen molar-refractivity contribution in [2.24, 2.45) is 11.7 Å². The third kappa shape index (κ3) is 4.09. The van der Waals surface area contributed by atoms with E-state index in [-0.39, 0.29) is 42.3 Å². The molecule has 2 amide bonds. The van der Waals surface area contributed by atoms with E-state index in [1.54, 1.807) is 0 Å². The van der Waals surface area contributed by atoms with E-state index in [9.17, 15) is 9.59 Å². The number of nitrogens with two attached hydrogens (primary N) is 1. The number of hydrogen-bond acceptors (Lipinski definition) is 3. The van der Waals surface area contributed by atoms with Crippen LogP contribution >= 0.6 is 12.4 Å². The molecule has 1 heterocycles. The van der Waals surface area contributed by atoms with Crippen LogP contribution < -0.4 is 11.1 Å². The van der Waals surface area contributed by atoms with Gasteiger partial charge in [0.15, 0.2) is 0 Å². The van der Waals surface area contributed by atoms with E-state index in [1.807, 2.05) is 18.7 Å². The summed E-state index contributed by atoms with van der Waals surface area (Å²) in [7, 11) is 0. The summed E-state index contributed by atoms with van der Waals surface area (Å²) in [5.74, 6) is 0.502. The summed E-state index contributed by atoms with van der Waals surface area (Å²) in [6.07, 6.45) is 4.15. The van der Waals surface area contributed by atoms with Crippen molar-refractivity contribution in [2.45, 2.75) is 64.1 Å². The van der Waals surface area contributed by atoms with E-state index in [1.165, 1.54) is 0 Å². The van der Waals surface area contributed by atoms with Crippen LogP contribution in [0.25, 0.3) is 0 Å². The monoisotopic (exact) mass is 303 g/mol. The van der Waals surface area contributed by atoms with E-state index >= 15 is 0 Å². The maximum atomic E-state index is 12.0. The molecule has 1 aliphatic carbocycles. The first-order valence-electron chi connectivity index (χ1n) is 7.31. The molecule has 5 nitrogen and oxygen atoms in total. The highest BCUT2D eigenvalue weighted by molar-refractivity contribution is 5.85. The van der Waals surface area contributed by atoms with Crippen LogP contribution in [0.5, 0.6) is 0 Å². The maximum absolute atomic E-state index is 12.0. The summed E-state index contributed by atoms with van der Waals surface area (Å²) < 4.78 is 0. The van der Waals surface area contributed by atoms with Crippen molar-refractivity contribution in [1.82, 2.24) is 10.2 Å². The van der Waals surface area contributed by atoms with Crippen molar-refractivity contribution in [1.29, 1.82) is 0 Å². The molecular weight excluding hydrogens is 278 g/mol. The van der Waals surface area contributed by atoms with E-state index in [2.05, 4.69) is 5.32 Å². The molecule has 0 aromatic heterocycles. The van der Waals surface area contributed by atoms with Crippen LogP contribution in [0.1, 0.15) is 46.0 Å². The summed E-state index contributed by atoms with van der Waals surface area (Å²) in [4.78, 5) is 25.6. The Morgan fingerprint density at radius 3 is 2.65 bits per heavy atom. The number of amides is 2. The first-order valence-corrected chi connectivity index (χ1v) is 7.31. The van der Waals surface area contributed by atoms with Gasteiger partial charge in [-0.3, -0.25) is 9.59 Å². The summed E-state index contributed by atoms with van der Waals surface area (Å²) in [6, 6.07) is 0.348. The molecule has 2 aliphatic rings. The van der Waals surface area contributed by atoms with E-state index in [0.29, 0.717) is 25.3 Å². The van der Waals surface area contributed by atoms with E-state index in [0.717, 1.165) is 19.3 Å². The number of likely N-dealkylation sites (tertiary alicyclic amines) is 1. The molecule has 2 fully saturated rings. The van der Waals surface area contributed by atoms with E-state index in [4.69, 9.17) is 5.73 Å². The average molecular weight is 304 g/mol. The van der Waals surface area contributed by atoms with Crippen LogP contribution in [0, 0.1) is 5.92 Å². The summed E-state index contributed by atoms with van der Waals surface area (Å²) >= 11 is 0. The number of halogens is 1. The molecule has 6 heteroatoms. The first-order chi connectivity index (χ1) is 8.97. The standard InChI is InChI=1S/C14H25N3O2.ClH/c1-9(2)17-8-11(7-14(17)19)16-13(18)6-10-4-3-5-12(10)15;/h9-12H,3-8,15H2,1-2H3,(H,16,18);1H/t10-,11?,12+;/m0./s1. The fraction of sp³-hybridized carbons (Fsp3) is 0.857. The van der Waals surface area contributed by atoms with Gasteiger partial charge >= 0.3 is 0 Å². The molecule has 1 saturated carbocycles. The number of rotatable bonds is 4. The first kappa shape index (κ1) is 17.2. The summed E-state index contributed by atoms with van der Waals surface area (Å²) in [5.41, 5.74) is 5.98. The molecule has 1 saturated heterocycles. The third-order valence-electron chi connectivity index (χ3n) is 4.31. The van der Waals surface area contributed by atoms with Gasteiger partial charge in [0, 0.05) is 31.5 Å². The second-order valence-corrected chi connectivity index (χ2v) is 6.17. The molecule has 3 atom stereocenters. The van der Waals surface area contributed by atoms with Crippen LogP contribution in [-0.2, 0) is 9.59 Å². The minimum Gasteiger partial charge on any atom is -0.351 e. The van der Waals surface area contributed by atoms with Gasteiger partial charge in [0.2, 0.25) is 11.8 Å². The highest BCUT2D eigenvalue weighted by atomic mass is 35.5. The van der Waals surface area contributed by atoms with Crippen LogP contribution in [0.4, 0.5) is 0 Å². The van der Waals surface area contributed by atoms with Gasteiger partial charge in [0.25, 0.3) is 0 Å². The lowest BCUT2D eigenvalue weighted by Crippen LogP contribution is -2.40. The van der Waals surface area contributed by atoms with Crippen LogP contribution in [0.15, 0.2) is 0 Å².